The molecule has 1 aromatic carbocycles. The fourth-order valence-electron chi connectivity index (χ4n) is 4.39. The number of nitrogens with two attached hydrogens (primary N) is 1. The number of aromatic nitrogens is 2. The van der Waals surface area contributed by atoms with Crippen molar-refractivity contribution in [3.8, 4) is 0 Å². The van der Waals surface area contributed by atoms with Crippen LogP contribution in [-0.2, 0) is 19.4 Å². The molecular weight excluding hydrogens is 418 g/mol. The molecule has 0 saturated carbocycles. The molecule has 5 rings (SSSR count). The van der Waals surface area contributed by atoms with Gasteiger partial charge in [0.15, 0.2) is 0 Å². The number of anilines is 1. The van der Waals surface area contributed by atoms with Gasteiger partial charge < -0.3 is 10.6 Å². The third-order valence-corrected chi connectivity index (χ3v) is 7.44. The van der Waals surface area contributed by atoms with E-state index in [1.54, 1.807) is 35.6 Å². The van der Waals surface area contributed by atoms with Crippen LogP contribution in [0.1, 0.15) is 39.5 Å². The van der Waals surface area contributed by atoms with E-state index in [1.165, 1.54) is 23.3 Å². The molecule has 1 amide bonds. The smallest absolute Gasteiger partial charge is 0.253 e. The summed E-state index contributed by atoms with van der Waals surface area (Å²) in [5.74, 6) is 1.44. The van der Waals surface area contributed by atoms with Gasteiger partial charge in [-0.25, -0.2) is 9.97 Å². The molecule has 0 bridgehead atoms. The molecule has 2 aromatic heterocycles. The lowest BCUT2D eigenvalue weighted by Crippen LogP contribution is -2.48. The van der Waals surface area contributed by atoms with Crippen molar-refractivity contribution in [2.24, 2.45) is 0 Å². The molecule has 1 aliphatic carbocycles. The molecule has 1 aliphatic heterocycles. The maximum atomic E-state index is 12.7. The molecule has 0 unspecified atom stereocenters. The number of carbonyl (C=O) groups excluding carboxylic acids is 1. The van der Waals surface area contributed by atoms with Crippen LogP contribution in [0.4, 0.5) is 5.82 Å². The minimum absolute atomic E-state index is 0.0531. The van der Waals surface area contributed by atoms with Gasteiger partial charge in [0.2, 0.25) is 0 Å². The molecule has 6 nitrogen and oxygen atoms in total. The Kier molecular flexibility index (Phi) is 5.35. The van der Waals surface area contributed by atoms with Gasteiger partial charge in [-0.05, 0) is 55.5 Å². The summed E-state index contributed by atoms with van der Waals surface area (Å²) in [7, 11) is 0. The first-order chi connectivity index (χ1) is 14.6. The lowest BCUT2D eigenvalue weighted by molar-refractivity contribution is 0.0625. The highest BCUT2D eigenvalue weighted by atomic mass is 35.5. The molecule has 0 radical (unpaired) electrons. The highest BCUT2D eigenvalue weighted by Gasteiger charge is 2.24. The van der Waals surface area contributed by atoms with Gasteiger partial charge in [0.25, 0.3) is 5.91 Å². The van der Waals surface area contributed by atoms with Crippen LogP contribution in [-0.4, -0.2) is 51.9 Å². The van der Waals surface area contributed by atoms with Gasteiger partial charge in [-0.3, -0.25) is 9.69 Å². The van der Waals surface area contributed by atoms with E-state index in [-0.39, 0.29) is 5.91 Å². The largest absolute Gasteiger partial charge is 0.383 e. The zero-order chi connectivity index (χ0) is 20.7. The molecule has 1 saturated heterocycles. The van der Waals surface area contributed by atoms with Crippen LogP contribution >= 0.6 is 22.9 Å². The molecule has 8 heteroatoms. The van der Waals surface area contributed by atoms with E-state index in [1.807, 2.05) is 4.90 Å². The van der Waals surface area contributed by atoms with Crippen molar-refractivity contribution in [1.82, 2.24) is 19.8 Å². The number of fused-ring (bicyclic) bond motifs is 3. The second kappa shape index (κ2) is 8.13. The number of piperazine rings is 1. The predicted molar refractivity (Wildman–Crippen MR) is 121 cm³/mol. The number of nitrogens with zero attached hydrogens (tertiary/aromatic N) is 4. The summed E-state index contributed by atoms with van der Waals surface area (Å²) in [5, 5.41) is 1.72. The van der Waals surface area contributed by atoms with Crippen LogP contribution in [0.2, 0.25) is 5.02 Å². The number of amides is 1. The number of benzene rings is 1. The quantitative estimate of drug-likeness (QED) is 0.669. The van der Waals surface area contributed by atoms with Crippen LogP contribution in [0.3, 0.4) is 0 Å². The molecule has 0 spiro atoms. The number of hydrogen-bond donors (Lipinski definition) is 1. The van der Waals surface area contributed by atoms with Crippen LogP contribution in [0.25, 0.3) is 10.2 Å². The molecule has 2 aliphatic rings. The minimum atomic E-state index is 0.0531. The Hall–Kier alpha value is -2.22. The molecule has 3 aromatic rings. The molecular formula is C22H24ClN5OS. The van der Waals surface area contributed by atoms with E-state index < -0.39 is 0 Å². The number of hydrogen-bond acceptors (Lipinski definition) is 6. The second-order valence-corrected chi connectivity index (χ2v) is 9.51. The van der Waals surface area contributed by atoms with Crippen molar-refractivity contribution in [1.29, 1.82) is 0 Å². The number of carbonyl (C=O) groups is 1. The van der Waals surface area contributed by atoms with Gasteiger partial charge in [0.1, 0.15) is 16.5 Å². The van der Waals surface area contributed by atoms with E-state index in [4.69, 9.17) is 22.3 Å². The average Bonchev–Trinajstić information content (AvgIpc) is 3.13. The maximum Gasteiger partial charge on any atom is 0.253 e. The first kappa shape index (κ1) is 19.7. The van der Waals surface area contributed by atoms with Crippen molar-refractivity contribution < 1.29 is 4.79 Å². The van der Waals surface area contributed by atoms with Crippen molar-refractivity contribution >= 4 is 44.9 Å². The standard InChI is InChI=1S/C22H24ClN5OS/c23-15-7-5-14(6-8-15)22(29)28-11-9-27(10-12-28)13-18-25-20(24)19-16-3-1-2-4-17(16)30-21(19)26-18/h5-8H,1-4,9-13H2,(H2,24,25,26). The van der Waals surface area contributed by atoms with Crippen LogP contribution in [0, 0.1) is 0 Å². The lowest BCUT2D eigenvalue weighted by Gasteiger charge is -2.34. The van der Waals surface area contributed by atoms with E-state index in [0.717, 1.165) is 42.0 Å². The summed E-state index contributed by atoms with van der Waals surface area (Å²) in [6.45, 7) is 3.62. The summed E-state index contributed by atoms with van der Waals surface area (Å²) < 4.78 is 0. The van der Waals surface area contributed by atoms with Crippen LogP contribution in [0.15, 0.2) is 24.3 Å². The highest BCUT2D eigenvalue weighted by molar-refractivity contribution is 7.19. The van der Waals surface area contributed by atoms with E-state index in [0.29, 0.717) is 36.0 Å². The number of thiophene rings is 1. The Morgan fingerprint density at radius 1 is 1.07 bits per heavy atom. The lowest BCUT2D eigenvalue weighted by atomic mass is 9.97. The van der Waals surface area contributed by atoms with Crippen molar-refractivity contribution in [3.63, 3.8) is 0 Å². The van der Waals surface area contributed by atoms with E-state index in [9.17, 15) is 4.79 Å². The fourth-order valence-corrected chi connectivity index (χ4v) is 5.80. The Morgan fingerprint density at radius 3 is 2.57 bits per heavy atom. The maximum absolute atomic E-state index is 12.7. The van der Waals surface area contributed by atoms with Gasteiger partial charge in [-0.15, -0.1) is 11.3 Å². The summed E-state index contributed by atoms with van der Waals surface area (Å²) in [6, 6.07) is 7.07. The Bertz CT molecular complexity index is 1090. The first-order valence-corrected chi connectivity index (χ1v) is 11.6. The molecule has 1 fully saturated rings. The van der Waals surface area contributed by atoms with Crippen molar-refractivity contribution in [2.45, 2.75) is 32.2 Å². The van der Waals surface area contributed by atoms with E-state index >= 15 is 0 Å². The molecule has 0 atom stereocenters. The predicted octanol–water partition coefficient (Wildman–Crippen LogP) is 3.76. The summed E-state index contributed by atoms with van der Waals surface area (Å²) in [4.78, 5) is 28.8. The van der Waals surface area contributed by atoms with Crippen LogP contribution < -0.4 is 5.73 Å². The fraction of sp³-hybridized carbons (Fsp3) is 0.409. The zero-order valence-electron chi connectivity index (χ0n) is 16.7. The summed E-state index contributed by atoms with van der Waals surface area (Å²) in [5.41, 5.74) is 8.39. The van der Waals surface area contributed by atoms with Crippen molar-refractivity contribution in [3.05, 3.63) is 51.1 Å². The van der Waals surface area contributed by atoms with Gasteiger partial charge in [0, 0.05) is 41.6 Å². The van der Waals surface area contributed by atoms with Gasteiger partial charge in [-0.2, -0.15) is 0 Å². The minimum Gasteiger partial charge on any atom is -0.383 e. The second-order valence-electron chi connectivity index (χ2n) is 7.99. The third-order valence-electron chi connectivity index (χ3n) is 6.00. The zero-order valence-corrected chi connectivity index (χ0v) is 18.3. The van der Waals surface area contributed by atoms with E-state index in [2.05, 4.69) is 9.88 Å². The summed E-state index contributed by atoms with van der Waals surface area (Å²) >= 11 is 7.70. The molecule has 3 heterocycles. The third kappa shape index (κ3) is 3.77. The van der Waals surface area contributed by atoms with Gasteiger partial charge in [-0.1, -0.05) is 11.6 Å². The Labute approximate surface area is 184 Å². The molecule has 2 N–H and O–H groups in total. The van der Waals surface area contributed by atoms with Crippen molar-refractivity contribution in [2.75, 3.05) is 31.9 Å². The normalized spacial score (nSPS) is 17.3. The summed E-state index contributed by atoms with van der Waals surface area (Å²) in [6.07, 6.45) is 4.69. The molecule has 156 valence electrons. The highest BCUT2D eigenvalue weighted by Crippen LogP contribution is 2.37. The van der Waals surface area contributed by atoms with Gasteiger partial charge in [0.05, 0.1) is 11.9 Å². The SMILES string of the molecule is Nc1nc(CN2CCN(C(=O)c3ccc(Cl)cc3)CC2)nc2sc3c(c12)CCCC3. The van der Waals surface area contributed by atoms with Crippen LogP contribution in [0.5, 0.6) is 0 Å². The Balaban J connectivity index is 1.26. The monoisotopic (exact) mass is 441 g/mol. The average molecular weight is 442 g/mol. The number of rotatable bonds is 3. The van der Waals surface area contributed by atoms with Gasteiger partial charge >= 0.3 is 0 Å². The number of halogens is 1. The Morgan fingerprint density at radius 2 is 1.80 bits per heavy atom. The topological polar surface area (TPSA) is 75.3 Å². The number of nitrogen functional groups attached to an aromatic ring is 1. The molecule has 30 heavy (non-hydrogen) atoms. The number of aryl methyl sites for hydroxylation is 2. The first-order valence-electron chi connectivity index (χ1n) is 10.4.